The zero-order valence-electron chi connectivity index (χ0n) is 8.92. The first-order valence-electron chi connectivity index (χ1n) is 4.77. The lowest BCUT2D eigenvalue weighted by Gasteiger charge is -2.17. The highest BCUT2D eigenvalue weighted by molar-refractivity contribution is 6.88. The molecule has 72 valence electrons. The molecule has 0 aliphatic carbocycles. The molecule has 0 heterocycles. The summed E-state index contributed by atoms with van der Waals surface area (Å²) >= 11 is 0. The fourth-order valence-electron chi connectivity index (χ4n) is 1.22. The summed E-state index contributed by atoms with van der Waals surface area (Å²) < 4.78 is 5.46. The molecule has 2 heteroatoms. The van der Waals surface area contributed by atoms with Crippen molar-refractivity contribution in [3.63, 3.8) is 0 Å². The van der Waals surface area contributed by atoms with E-state index in [0.29, 0.717) is 0 Å². The standard InChI is InChI=1S/C11H18OSi/c1-5-12-10-7-6-8-11(9-10)13(2,3)4/h6-9H,5H2,1-4H3. The molecule has 0 aromatic heterocycles. The van der Waals surface area contributed by atoms with E-state index in [0.717, 1.165) is 12.4 Å². The molecule has 0 atom stereocenters. The number of benzene rings is 1. The van der Waals surface area contributed by atoms with Crippen molar-refractivity contribution in [1.82, 2.24) is 0 Å². The minimum Gasteiger partial charge on any atom is -0.494 e. The van der Waals surface area contributed by atoms with Crippen molar-refractivity contribution in [3.05, 3.63) is 24.3 Å². The Morgan fingerprint density at radius 1 is 1.23 bits per heavy atom. The van der Waals surface area contributed by atoms with E-state index in [1.54, 1.807) is 0 Å². The van der Waals surface area contributed by atoms with Crippen LogP contribution < -0.4 is 9.92 Å². The maximum atomic E-state index is 5.46. The smallest absolute Gasteiger partial charge is 0.119 e. The van der Waals surface area contributed by atoms with Crippen molar-refractivity contribution in [2.24, 2.45) is 0 Å². The van der Waals surface area contributed by atoms with Gasteiger partial charge in [0, 0.05) is 0 Å². The van der Waals surface area contributed by atoms with Crippen LogP contribution >= 0.6 is 0 Å². The van der Waals surface area contributed by atoms with E-state index in [4.69, 9.17) is 4.74 Å². The van der Waals surface area contributed by atoms with Gasteiger partial charge in [-0.3, -0.25) is 0 Å². The SMILES string of the molecule is CCOc1cccc([Si](C)(C)C)c1. The van der Waals surface area contributed by atoms with Gasteiger partial charge in [0.05, 0.1) is 14.7 Å². The summed E-state index contributed by atoms with van der Waals surface area (Å²) in [5.41, 5.74) is 0. The third-order valence-corrected chi connectivity index (χ3v) is 4.05. The van der Waals surface area contributed by atoms with Crippen LogP contribution in [0.4, 0.5) is 0 Å². The highest BCUT2D eigenvalue weighted by Gasteiger charge is 2.16. The molecule has 1 nitrogen and oxygen atoms in total. The third kappa shape index (κ3) is 2.88. The predicted octanol–water partition coefficient (Wildman–Crippen LogP) is 2.63. The Kier molecular flexibility index (Phi) is 3.15. The Labute approximate surface area is 81.8 Å². The second-order valence-electron chi connectivity index (χ2n) is 4.21. The first-order chi connectivity index (χ1) is 6.04. The number of hydrogen-bond acceptors (Lipinski definition) is 1. The zero-order valence-corrected chi connectivity index (χ0v) is 9.92. The van der Waals surface area contributed by atoms with Gasteiger partial charge in [-0.05, 0) is 19.1 Å². The number of rotatable bonds is 3. The van der Waals surface area contributed by atoms with Crippen LogP contribution in [0.3, 0.4) is 0 Å². The van der Waals surface area contributed by atoms with Crippen LogP contribution in [0.15, 0.2) is 24.3 Å². The molecule has 0 fully saturated rings. The lowest BCUT2D eigenvalue weighted by atomic mass is 10.3. The van der Waals surface area contributed by atoms with Crippen LogP contribution in [0, 0.1) is 0 Å². The van der Waals surface area contributed by atoms with Crippen LogP contribution in [0.25, 0.3) is 0 Å². The van der Waals surface area contributed by atoms with Gasteiger partial charge in [-0.1, -0.05) is 37.0 Å². The Morgan fingerprint density at radius 3 is 2.46 bits per heavy atom. The highest BCUT2D eigenvalue weighted by atomic mass is 28.3. The van der Waals surface area contributed by atoms with E-state index in [-0.39, 0.29) is 0 Å². The summed E-state index contributed by atoms with van der Waals surface area (Å²) in [6, 6.07) is 8.48. The molecule has 0 aliphatic rings. The van der Waals surface area contributed by atoms with Crippen molar-refractivity contribution in [1.29, 1.82) is 0 Å². The predicted molar refractivity (Wildman–Crippen MR) is 60.6 cm³/mol. The van der Waals surface area contributed by atoms with E-state index in [9.17, 15) is 0 Å². The fraction of sp³-hybridized carbons (Fsp3) is 0.455. The molecular weight excluding hydrogens is 176 g/mol. The summed E-state index contributed by atoms with van der Waals surface area (Å²) in [4.78, 5) is 0. The molecule has 0 N–H and O–H groups in total. The van der Waals surface area contributed by atoms with Gasteiger partial charge in [0.25, 0.3) is 0 Å². The lowest BCUT2D eigenvalue weighted by Crippen LogP contribution is -2.37. The molecule has 1 aromatic rings. The second kappa shape index (κ2) is 3.96. The molecule has 0 amide bonds. The average molecular weight is 194 g/mol. The summed E-state index contributed by atoms with van der Waals surface area (Å²) in [6.07, 6.45) is 0. The molecule has 0 radical (unpaired) electrons. The Bertz CT molecular complexity index is 276. The molecule has 1 aromatic carbocycles. The van der Waals surface area contributed by atoms with Crippen LogP contribution in [-0.4, -0.2) is 14.7 Å². The minimum atomic E-state index is -1.17. The Balaban J connectivity index is 2.92. The number of hydrogen-bond donors (Lipinski definition) is 0. The first kappa shape index (κ1) is 10.3. The fourth-order valence-corrected chi connectivity index (χ4v) is 2.39. The third-order valence-electron chi connectivity index (χ3n) is 2.01. The van der Waals surface area contributed by atoms with Crippen LogP contribution in [-0.2, 0) is 0 Å². The normalized spacial score (nSPS) is 11.4. The Morgan fingerprint density at radius 2 is 1.92 bits per heavy atom. The van der Waals surface area contributed by atoms with Gasteiger partial charge < -0.3 is 4.74 Å². The van der Waals surface area contributed by atoms with Gasteiger partial charge in [0.2, 0.25) is 0 Å². The topological polar surface area (TPSA) is 9.23 Å². The number of ether oxygens (including phenoxy) is 1. The van der Waals surface area contributed by atoms with E-state index in [1.807, 2.05) is 13.0 Å². The largest absolute Gasteiger partial charge is 0.494 e. The van der Waals surface area contributed by atoms with E-state index in [2.05, 4.69) is 37.8 Å². The summed E-state index contributed by atoms with van der Waals surface area (Å²) in [6.45, 7) is 9.80. The van der Waals surface area contributed by atoms with Gasteiger partial charge in [0.15, 0.2) is 0 Å². The first-order valence-corrected chi connectivity index (χ1v) is 8.27. The van der Waals surface area contributed by atoms with Gasteiger partial charge in [0.1, 0.15) is 5.75 Å². The molecule has 0 bridgehead atoms. The van der Waals surface area contributed by atoms with Crippen LogP contribution in [0.2, 0.25) is 19.6 Å². The maximum Gasteiger partial charge on any atom is 0.119 e. The summed E-state index contributed by atoms with van der Waals surface area (Å²) in [5.74, 6) is 1.00. The molecule has 0 saturated carbocycles. The molecule has 1 rings (SSSR count). The van der Waals surface area contributed by atoms with E-state index in [1.165, 1.54) is 5.19 Å². The molecular formula is C11H18OSi. The van der Waals surface area contributed by atoms with Crippen molar-refractivity contribution >= 4 is 13.3 Å². The van der Waals surface area contributed by atoms with Gasteiger partial charge >= 0.3 is 0 Å². The Hall–Kier alpha value is -0.763. The van der Waals surface area contributed by atoms with Crippen LogP contribution in [0.1, 0.15) is 6.92 Å². The average Bonchev–Trinajstić information content (AvgIpc) is 2.04. The molecule has 13 heavy (non-hydrogen) atoms. The molecule has 0 spiro atoms. The van der Waals surface area contributed by atoms with Crippen molar-refractivity contribution in [2.45, 2.75) is 26.6 Å². The molecule has 0 saturated heterocycles. The van der Waals surface area contributed by atoms with Crippen molar-refractivity contribution in [3.8, 4) is 5.75 Å². The highest BCUT2D eigenvalue weighted by Crippen LogP contribution is 2.11. The monoisotopic (exact) mass is 194 g/mol. The summed E-state index contributed by atoms with van der Waals surface area (Å²) in [7, 11) is -1.17. The second-order valence-corrected chi connectivity index (χ2v) is 9.29. The van der Waals surface area contributed by atoms with Crippen molar-refractivity contribution < 1.29 is 4.74 Å². The van der Waals surface area contributed by atoms with E-state index < -0.39 is 8.07 Å². The van der Waals surface area contributed by atoms with Crippen molar-refractivity contribution in [2.75, 3.05) is 6.61 Å². The quantitative estimate of drug-likeness (QED) is 0.672. The lowest BCUT2D eigenvalue weighted by molar-refractivity contribution is 0.340. The molecule has 0 aliphatic heterocycles. The minimum absolute atomic E-state index is 0.745. The van der Waals surface area contributed by atoms with Gasteiger partial charge in [-0.25, -0.2) is 0 Å². The van der Waals surface area contributed by atoms with E-state index >= 15 is 0 Å². The zero-order chi connectivity index (χ0) is 9.90. The van der Waals surface area contributed by atoms with Gasteiger partial charge in [-0.15, -0.1) is 0 Å². The maximum absolute atomic E-state index is 5.46. The molecule has 0 unspecified atom stereocenters. The summed E-state index contributed by atoms with van der Waals surface area (Å²) in [5, 5.41) is 1.46. The van der Waals surface area contributed by atoms with Crippen LogP contribution in [0.5, 0.6) is 5.75 Å². The van der Waals surface area contributed by atoms with Gasteiger partial charge in [-0.2, -0.15) is 0 Å².